The van der Waals surface area contributed by atoms with Gasteiger partial charge in [0.25, 0.3) is 5.91 Å². The highest BCUT2D eigenvalue weighted by atomic mass is 32.2. The molecular weight excluding hydrogens is 419 g/mol. The molecule has 0 unspecified atom stereocenters. The van der Waals surface area contributed by atoms with Crippen molar-refractivity contribution in [1.82, 2.24) is 4.57 Å². The van der Waals surface area contributed by atoms with E-state index in [9.17, 15) is 17.6 Å². The lowest BCUT2D eigenvalue weighted by Gasteiger charge is -2.04. The summed E-state index contributed by atoms with van der Waals surface area (Å²) >= 11 is 2.96. The Labute approximate surface area is 170 Å². The topological polar surface area (TPSA) is 68.5 Å². The molecule has 5 nitrogen and oxygen atoms in total. The van der Waals surface area contributed by atoms with Crippen molar-refractivity contribution in [2.24, 2.45) is 4.99 Å². The zero-order chi connectivity index (χ0) is 20.3. The molecule has 0 bridgehead atoms. The van der Waals surface area contributed by atoms with E-state index in [1.54, 1.807) is 30.0 Å². The number of hydrogen-bond donors (Lipinski definition) is 0. The molecule has 0 aliphatic heterocycles. The molecule has 2 aromatic carbocycles. The number of thioether (sulfide) groups is 1. The van der Waals surface area contributed by atoms with Crippen LogP contribution in [0.15, 0.2) is 52.4 Å². The predicted octanol–water partition coefficient (Wildman–Crippen LogP) is 3.28. The fourth-order valence-corrected chi connectivity index (χ4v) is 4.80. The number of hydrogen-bond acceptors (Lipinski definition) is 5. The van der Waals surface area contributed by atoms with Crippen LogP contribution in [-0.2, 0) is 27.6 Å². The number of carbonyl (C=O) groups excluding carboxylic acids is 1. The van der Waals surface area contributed by atoms with E-state index in [0.717, 1.165) is 22.2 Å². The van der Waals surface area contributed by atoms with Gasteiger partial charge in [0, 0.05) is 18.6 Å². The van der Waals surface area contributed by atoms with Crippen LogP contribution in [0.2, 0.25) is 0 Å². The molecule has 0 saturated carbocycles. The number of sulfone groups is 1. The third-order valence-corrected chi connectivity index (χ3v) is 6.85. The minimum absolute atomic E-state index is 0.0647. The Balaban J connectivity index is 1.91. The maximum Gasteiger partial charge on any atom is 0.252 e. The monoisotopic (exact) mass is 438 g/mol. The lowest BCUT2D eigenvalue weighted by Crippen LogP contribution is -2.18. The third kappa shape index (κ3) is 4.89. The molecule has 3 rings (SSSR count). The van der Waals surface area contributed by atoms with Crippen molar-refractivity contribution in [3.8, 4) is 0 Å². The number of amides is 1. The van der Waals surface area contributed by atoms with Crippen LogP contribution in [0, 0.1) is 5.82 Å². The standard InChI is InChI=1S/C19H19FN2O3S3/c1-26-10-9-22-16-8-5-14(20)12-17(16)27-19(22)21-18(23)11-13-3-6-15(7-4-13)28(2,24)25/h3-8,12H,9-11H2,1-2H3. The van der Waals surface area contributed by atoms with Crippen molar-refractivity contribution in [1.29, 1.82) is 0 Å². The molecule has 1 heterocycles. The highest BCUT2D eigenvalue weighted by Crippen LogP contribution is 2.19. The SMILES string of the molecule is CSCCn1c(=NC(=O)Cc2ccc(S(C)(=O)=O)cc2)sc2cc(F)ccc21. The number of nitrogens with zero attached hydrogens (tertiary/aromatic N) is 2. The number of halogens is 1. The summed E-state index contributed by atoms with van der Waals surface area (Å²) in [6.45, 7) is 0.669. The van der Waals surface area contributed by atoms with Gasteiger partial charge >= 0.3 is 0 Å². The number of aryl methyl sites for hydroxylation is 1. The van der Waals surface area contributed by atoms with Gasteiger partial charge in [-0.25, -0.2) is 12.8 Å². The first-order valence-electron chi connectivity index (χ1n) is 8.42. The Bertz CT molecular complexity index is 1180. The molecule has 0 aliphatic rings. The Kier molecular flexibility index (Phi) is 6.36. The van der Waals surface area contributed by atoms with Crippen LogP contribution in [0.1, 0.15) is 5.56 Å². The molecule has 0 atom stereocenters. The maximum absolute atomic E-state index is 13.5. The van der Waals surface area contributed by atoms with Gasteiger partial charge in [0.05, 0.1) is 21.5 Å². The zero-order valence-electron chi connectivity index (χ0n) is 15.4. The van der Waals surface area contributed by atoms with E-state index in [0.29, 0.717) is 16.9 Å². The second-order valence-corrected chi connectivity index (χ2v) is 10.2. The first-order valence-corrected chi connectivity index (χ1v) is 12.5. The summed E-state index contributed by atoms with van der Waals surface area (Å²) < 4.78 is 39.3. The van der Waals surface area contributed by atoms with Gasteiger partial charge in [-0.15, -0.1) is 0 Å². The van der Waals surface area contributed by atoms with E-state index in [1.165, 1.54) is 35.6 Å². The van der Waals surface area contributed by atoms with Crippen LogP contribution in [-0.4, -0.2) is 37.2 Å². The molecule has 1 aromatic heterocycles. The Hall–Kier alpha value is -1.97. The second-order valence-electron chi connectivity index (χ2n) is 6.24. The van der Waals surface area contributed by atoms with Gasteiger partial charge in [-0.1, -0.05) is 23.5 Å². The average Bonchev–Trinajstić information content (AvgIpc) is 2.95. The van der Waals surface area contributed by atoms with Gasteiger partial charge in [-0.3, -0.25) is 4.79 Å². The van der Waals surface area contributed by atoms with Crippen LogP contribution < -0.4 is 4.80 Å². The molecule has 148 valence electrons. The highest BCUT2D eigenvalue weighted by molar-refractivity contribution is 7.98. The molecule has 3 aromatic rings. The van der Waals surface area contributed by atoms with Crippen molar-refractivity contribution < 1.29 is 17.6 Å². The number of thiazole rings is 1. The normalized spacial score (nSPS) is 12.6. The fourth-order valence-electron chi connectivity index (χ4n) is 2.71. The Morgan fingerprint density at radius 2 is 1.93 bits per heavy atom. The largest absolute Gasteiger partial charge is 0.316 e. The van der Waals surface area contributed by atoms with Gasteiger partial charge in [0.2, 0.25) is 0 Å². The summed E-state index contributed by atoms with van der Waals surface area (Å²) in [5.41, 5.74) is 1.54. The van der Waals surface area contributed by atoms with E-state index in [4.69, 9.17) is 0 Å². The zero-order valence-corrected chi connectivity index (χ0v) is 17.8. The summed E-state index contributed by atoms with van der Waals surface area (Å²) in [6, 6.07) is 10.8. The Morgan fingerprint density at radius 1 is 1.21 bits per heavy atom. The van der Waals surface area contributed by atoms with Crippen molar-refractivity contribution >= 4 is 49.1 Å². The molecule has 9 heteroatoms. The van der Waals surface area contributed by atoms with Crippen molar-refractivity contribution in [3.63, 3.8) is 0 Å². The van der Waals surface area contributed by atoms with E-state index < -0.39 is 9.84 Å². The highest BCUT2D eigenvalue weighted by Gasteiger charge is 2.11. The van der Waals surface area contributed by atoms with E-state index in [2.05, 4.69) is 4.99 Å². The summed E-state index contributed by atoms with van der Waals surface area (Å²) in [5.74, 6) is 0.184. The van der Waals surface area contributed by atoms with Crippen LogP contribution >= 0.6 is 23.1 Å². The average molecular weight is 439 g/mol. The summed E-state index contributed by atoms with van der Waals surface area (Å²) in [6.07, 6.45) is 3.20. The van der Waals surface area contributed by atoms with Crippen molar-refractivity contribution in [2.75, 3.05) is 18.3 Å². The summed E-state index contributed by atoms with van der Waals surface area (Å²) in [7, 11) is -3.27. The van der Waals surface area contributed by atoms with E-state index >= 15 is 0 Å². The van der Waals surface area contributed by atoms with E-state index in [1.807, 2.05) is 10.8 Å². The lowest BCUT2D eigenvalue weighted by molar-refractivity contribution is -0.117. The van der Waals surface area contributed by atoms with E-state index in [-0.39, 0.29) is 23.0 Å². The van der Waals surface area contributed by atoms with Crippen molar-refractivity contribution in [2.45, 2.75) is 17.9 Å². The molecule has 0 spiro atoms. The summed E-state index contributed by atoms with van der Waals surface area (Å²) in [5, 5.41) is 0. The maximum atomic E-state index is 13.5. The van der Waals surface area contributed by atoms with Gasteiger partial charge in [0.15, 0.2) is 14.6 Å². The molecule has 0 saturated heterocycles. The molecule has 0 fully saturated rings. The number of carbonyl (C=O) groups is 1. The molecule has 0 radical (unpaired) electrons. The number of rotatable bonds is 6. The quantitative estimate of drug-likeness (QED) is 0.592. The Morgan fingerprint density at radius 3 is 2.57 bits per heavy atom. The first-order chi connectivity index (χ1) is 13.3. The number of benzene rings is 2. The number of aromatic nitrogens is 1. The van der Waals surface area contributed by atoms with Gasteiger partial charge in [-0.05, 0) is 42.2 Å². The second kappa shape index (κ2) is 8.59. The van der Waals surface area contributed by atoms with Crippen LogP contribution in [0.4, 0.5) is 4.39 Å². The minimum atomic E-state index is -3.27. The molecular formula is C19H19FN2O3S3. The smallest absolute Gasteiger partial charge is 0.252 e. The van der Waals surface area contributed by atoms with Crippen LogP contribution in [0.25, 0.3) is 10.2 Å². The van der Waals surface area contributed by atoms with Crippen LogP contribution in [0.5, 0.6) is 0 Å². The molecule has 1 amide bonds. The lowest BCUT2D eigenvalue weighted by atomic mass is 10.1. The van der Waals surface area contributed by atoms with Gasteiger partial charge in [-0.2, -0.15) is 16.8 Å². The minimum Gasteiger partial charge on any atom is -0.316 e. The van der Waals surface area contributed by atoms with Gasteiger partial charge in [0.1, 0.15) is 5.82 Å². The molecule has 0 N–H and O–H groups in total. The molecule has 0 aliphatic carbocycles. The number of fused-ring (bicyclic) bond motifs is 1. The van der Waals surface area contributed by atoms with Crippen molar-refractivity contribution in [3.05, 3.63) is 58.6 Å². The third-order valence-electron chi connectivity index (χ3n) is 4.09. The fraction of sp³-hybridized carbons (Fsp3) is 0.263. The summed E-state index contributed by atoms with van der Waals surface area (Å²) in [4.78, 5) is 17.4. The molecule has 28 heavy (non-hydrogen) atoms. The first kappa shape index (κ1) is 20.8. The predicted molar refractivity (Wildman–Crippen MR) is 112 cm³/mol. The van der Waals surface area contributed by atoms with Crippen LogP contribution in [0.3, 0.4) is 0 Å². The van der Waals surface area contributed by atoms with Gasteiger partial charge < -0.3 is 4.57 Å².